The van der Waals surface area contributed by atoms with E-state index < -0.39 is 0 Å². The number of aromatic nitrogens is 2. The van der Waals surface area contributed by atoms with Gasteiger partial charge in [0.05, 0.1) is 11.8 Å². The molecule has 0 radical (unpaired) electrons. The smallest absolute Gasteiger partial charge is 0.274 e. The lowest BCUT2D eigenvalue weighted by Crippen LogP contribution is -2.16. The number of carbonyl (C=O) groups is 2. The van der Waals surface area contributed by atoms with Crippen molar-refractivity contribution in [3.05, 3.63) is 72.2 Å². The fraction of sp³-hybridized carbons (Fsp3) is 0.182. The number of anilines is 3. The molecule has 0 aliphatic heterocycles. The van der Waals surface area contributed by atoms with Gasteiger partial charge in [-0.05, 0) is 57.2 Å². The standard InChI is InChI=1S/C22H22N4O3/c1-14(2)29-20-7-5-4-6-18(20)26-22(28)19-12-21(24-13-23-19)25-17-10-8-16(9-11-17)15(3)27/h4-14H,1-3H3,(H,26,28)(H,23,24,25). The quantitative estimate of drug-likeness (QED) is 0.579. The second-order valence-electron chi connectivity index (χ2n) is 6.66. The summed E-state index contributed by atoms with van der Waals surface area (Å²) in [6.45, 7) is 5.36. The SMILES string of the molecule is CC(=O)c1ccc(Nc2cc(C(=O)Nc3ccccc3OC(C)C)ncn2)cc1. The summed E-state index contributed by atoms with van der Waals surface area (Å²) in [5.74, 6) is 0.683. The normalized spacial score (nSPS) is 10.5. The third-order valence-corrected chi connectivity index (χ3v) is 3.96. The topological polar surface area (TPSA) is 93.2 Å². The van der Waals surface area contributed by atoms with Crippen molar-refractivity contribution in [2.24, 2.45) is 0 Å². The minimum Gasteiger partial charge on any atom is -0.489 e. The largest absolute Gasteiger partial charge is 0.489 e. The van der Waals surface area contributed by atoms with Gasteiger partial charge in [-0.2, -0.15) is 0 Å². The molecule has 0 aliphatic rings. The number of hydrogen-bond acceptors (Lipinski definition) is 6. The molecule has 7 nitrogen and oxygen atoms in total. The Morgan fingerprint density at radius 3 is 2.41 bits per heavy atom. The van der Waals surface area contributed by atoms with Crippen LogP contribution in [0, 0.1) is 0 Å². The van der Waals surface area contributed by atoms with Gasteiger partial charge >= 0.3 is 0 Å². The fourth-order valence-electron chi connectivity index (χ4n) is 2.60. The summed E-state index contributed by atoms with van der Waals surface area (Å²) in [6, 6.07) is 15.8. The highest BCUT2D eigenvalue weighted by Crippen LogP contribution is 2.25. The predicted octanol–water partition coefficient (Wildman–Crippen LogP) is 4.46. The van der Waals surface area contributed by atoms with Crippen molar-refractivity contribution in [1.82, 2.24) is 9.97 Å². The van der Waals surface area contributed by atoms with E-state index in [9.17, 15) is 9.59 Å². The molecular formula is C22H22N4O3. The maximum absolute atomic E-state index is 12.7. The average Bonchev–Trinajstić information content (AvgIpc) is 2.69. The number of amides is 1. The molecule has 7 heteroatoms. The van der Waals surface area contributed by atoms with Gasteiger partial charge in [-0.25, -0.2) is 9.97 Å². The number of hydrogen-bond donors (Lipinski definition) is 2. The van der Waals surface area contributed by atoms with Crippen molar-refractivity contribution in [2.75, 3.05) is 10.6 Å². The zero-order valence-corrected chi connectivity index (χ0v) is 16.5. The summed E-state index contributed by atoms with van der Waals surface area (Å²) in [7, 11) is 0. The molecule has 0 aliphatic carbocycles. The Bertz CT molecular complexity index is 1020. The minimum atomic E-state index is -0.373. The fourth-order valence-corrected chi connectivity index (χ4v) is 2.60. The highest BCUT2D eigenvalue weighted by molar-refractivity contribution is 6.04. The van der Waals surface area contributed by atoms with Crippen molar-refractivity contribution in [2.45, 2.75) is 26.9 Å². The van der Waals surface area contributed by atoms with Crippen molar-refractivity contribution in [1.29, 1.82) is 0 Å². The molecule has 0 saturated heterocycles. The first kappa shape index (κ1) is 20.0. The van der Waals surface area contributed by atoms with Gasteiger partial charge < -0.3 is 15.4 Å². The molecule has 0 saturated carbocycles. The van der Waals surface area contributed by atoms with Gasteiger partial charge in [0, 0.05) is 17.3 Å². The van der Waals surface area contributed by atoms with Crippen LogP contribution in [-0.2, 0) is 0 Å². The van der Waals surface area contributed by atoms with E-state index >= 15 is 0 Å². The minimum absolute atomic E-state index is 0.000675. The maximum atomic E-state index is 12.7. The number of ether oxygens (including phenoxy) is 1. The molecule has 0 spiro atoms. The lowest BCUT2D eigenvalue weighted by Gasteiger charge is -2.14. The molecule has 0 fully saturated rings. The van der Waals surface area contributed by atoms with Crippen LogP contribution in [0.4, 0.5) is 17.2 Å². The number of para-hydroxylation sites is 2. The summed E-state index contributed by atoms with van der Waals surface area (Å²) in [5, 5.41) is 5.92. The molecule has 0 atom stereocenters. The summed E-state index contributed by atoms with van der Waals surface area (Å²) in [5.41, 5.74) is 2.15. The van der Waals surface area contributed by atoms with Gasteiger partial charge in [0.25, 0.3) is 5.91 Å². The van der Waals surface area contributed by atoms with Crippen LogP contribution in [0.3, 0.4) is 0 Å². The van der Waals surface area contributed by atoms with Crippen molar-refractivity contribution in [3.8, 4) is 5.75 Å². The lowest BCUT2D eigenvalue weighted by atomic mass is 10.1. The van der Waals surface area contributed by atoms with Crippen LogP contribution in [0.1, 0.15) is 41.6 Å². The molecule has 0 unspecified atom stereocenters. The summed E-state index contributed by atoms with van der Waals surface area (Å²) < 4.78 is 5.73. The monoisotopic (exact) mass is 390 g/mol. The van der Waals surface area contributed by atoms with Gasteiger partial charge in [-0.1, -0.05) is 12.1 Å². The highest BCUT2D eigenvalue weighted by Gasteiger charge is 2.13. The van der Waals surface area contributed by atoms with Crippen LogP contribution in [-0.4, -0.2) is 27.8 Å². The lowest BCUT2D eigenvalue weighted by molar-refractivity contribution is 0.101. The number of benzene rings is 2. The second kappa shape index (κ2) is 8.97. The molecule has 3 aromatic rings. The van der Waals surface area contributed by atoms with E-state index in [-0.39, 0.29) is 23.5 Å². The van der Waals surface area contributed by atoms with Gasteiger partial charge in [-0.15, -0.1) is 0 Å². The van der Waals surface area contributed by atoms with Crippen LogP contribution in [0.5, 0.6) is 5.75 Å². The Kier molecular flexibility index (Phi) is 6.19. The van der Waals surface area contributed by atoms with E-state index in [2.05, 4.69) is 20.6 Å². The third kappa shape index (κ3) is 5.38. The molecule has 2 aromatic carbocycles. The first-order chi connectivity index (χ1) is 13.9. The summed E-state index contributed by atoms with van der Waals surface area (Å²) in [6.07, 6.45) is 1.30. The Hall–Kier alpha value is -3.74. The number of nitrogens with zero attached hydrogens (tertiary/aromatic N) is 2. The molecule has 2 N–H and O–H groups in total. The van der Waals surface area contributed by atoms with Crippen molar-refractivity contribution >= 4 is 28.9 Å². The van der Waals surface area contributed by atoms with E-state index in [1.807, 2.05) is 26.0 Å². The Morgan fingerprint density at radius 1 is 1.00 bits per heavy atom. The summed E-state index contributed by atoms with van der Waals surface area (Å²) >= 11 is 0. The van der Waals surface area contributed by atoms with E-state index in [1.54, 1.807) is 42.5 Å². The third-order valence-electron chi connectivity index (χ3n) is 3.96. The first-order valence-electron chi connectivity index (χ1n) is 9.19. The molecule has 29 heavy (non-hydrogen) atoms. The van der Waals surface area contributed by atoms with Gasteiger partial charge in [0.15, 0.2) is 5.78 Å². The van der Waals surface area contributed by atoms with E-state index in [1.165, 1.54) is 13.3 Å². The zero-order chi connectivity index (χ0) is 20.8. The number of Topliss-reactive ketones (excluding diaryl/α,β-unsaturated/α-hetero) is 1. The number of ketones is 1. The van der Waals surface area contributed by atoms with E-state index in [0.717, 1.165) is 5.69 Å². The van der Waals surface area contributed by atoms with Crippen molar-refractivity contribution in [3.63, 3.8) is 0 Å². The number of rotatable bonds is 7. The zero-order valence-electron chi connectivity index (χ0n) is 16.5. The van der Waals surface area contributed by atoms with Crippen LogP contribution >= 0.6 is 0 Å². The molecule has 148 valence electrons. The molecule has 3 rings (SSSR count). The second-order valence-corrected chi connectivity index (χ2v) is 6.66. The van der Waals surface area contributed by atoms with Crippen LogP contribution in [0.2, 0.25) is 0 Å². The van der Waals surface area contributed by atoms with E-state index in [0.29, 0.717) is 22.8 Å². The Morgan fingerprint density at radius 2 is 1.72 bits per heavy atom. The predicted molar refractivity (Wildman–Crippen MR) is 112 cm³/mol. The average molecular weight is 390 g/mol. The molecule has 0 bridgehead atoms. The summed E-state index contributed by atoms with van der Waals surface area (Å²) in [4.78, 5) is 32.2. The Labute approximate surface area is 169 Å². The molecule has 1 heterocycles. The van der Waals surface area contributed by atoms with Crippen molar-refractivity contribution < 1.29 is 14.3 Å². The van der Waals surface area contributed by atoms with Gasteiger partial charge in [-0.3, -0.25) is 9.59 Å². The van der Waals surface area contributed by atoms with Gasteiger partial charge in [0.1, 0.15) is 23.6 Å². The maximum Gasteiger partial charge on any atom is 0.274 e. The van der Waals surface area contributed by atoms with E-state index in [4.69, 9.17) is 4.74 Å². The number of nitrogens with one attached hydrogen (secondary N) is 2. The number of carbonyl (C=O) groups excluding carboxylic acids is 2. The van der Waals surface area contributed by atoms with Crippen LogP contribution in [0.15, 0.2) is 60.9 Å². The first-order valence-corrected chi connectivity index (χ1v) is 9.19. The van der Waals surface area contributed by atoms with Crippen LogP contribution < -0.4 is 15.4 Å². The highest BCUT2D eigenvalue weighted by atomic mass is 16.5. The van der Waals surface area contributed by atoms with Gasteiger partial charge in [0.2, 0.25) is 0 Å². The molecular weight excluding hydrogens is 368 g/mol. The molecule has 1 amide bonds. The molecule has 1 aromatic heterocycles. The van der Waals surface area contributed by atoms with Crippen LogP contribution in [0.25, 0.3) is 0 Å². The Balaban J connectivity index is 1.74.